The summed E-state index contributed by atoms with van der Waals surface area (Å²) in [6.45, 7) is 8.92. The maximum absolute atomic E-state index is 5.97. The molecule has 4 nitrogen and oxygen atoms in total. The number of hydrogen-bond donors (Lipinski definition) is 1. The molecule has 1 heterocycles. The normalized spacial score (nSPS) is 13.5. The Morgan fingerprint density at radius 3 is 2.83 bits per heavy atom. The van der Waals surface area contributed by atoms with Crippen molar-refractivity contribution in [2.45, 2.75) is 26.5 Å². The Morgan fingerprint density at radius 1 is 1.25 bits per heavy atom. The summed E-state index contributed by atoms with van der Waals surface area (Å²) in [6.07, 6.45) is -0.168. The predicted molar refractivity (Wildman–Crippen MR) is 94.8 cm³/mol. The summed E-state index contributed by atoms with van der Waals surface area (Å²) in [6, 6.07) is 11.5. The molecular weight excluding hydrogens is 326 g/mol. The van der Waals surface area contributed by atoms with E-state index in [2.05, 4.69) is 11.9 Å². The van der Waals surface area contributed by atoms with Gasteiger partial charge in [-0.2, -0.15) is 0 Å². The fourth-order valence-corrected chi connectivity index (χ4v) is 2.64. The zero-order valence-electron chi connectivity index (χ0n) is 13.8. The Hall–Kier alpha value is -2.33. The van der Waals surface area contributed by atoms with Crippen LogP contribution >= 0.6 is 11.6 Å². The number of rotatable bonds is 6. The molecule has 1 unspecified atom stereocenters. The number of hydrogen-bond acceptors (Lipinski definition) is 4. The topological polar surface area (TPSA) is 39.7 Å². The minimum Gasteiger partial charge on any atom is -0.484 e. The molecule has 1 N–H and O–H groups in total. The standard InChI is InChI=1S/C19H20ClNO3/c1-12-8-16(20)5-7-17(12)24-14(3)13(2)21-10-15-4-6-18-19(9-15)23-11-22-18/h4-9,14,21H,2,10-11H2,1,3H3. The Labute approximate surface area is 147 Å². The Bertz CT molecular complexity index is 760. The second-order valence-corrected chi connectivity index (χ2v) is 6.17. The first-order valence-electron chi connectivity index (χ1n) is 7.77. The quantitative estimate of drug-likeness (QED) is 0.839. The van der Waals surface area contributed by atoms with Crippen molar-refractivity contribution in [1.82, 2.24) is 5.32 Å². The van der Waals surface area contributed by atoms with Gasteiger partial charge in [0.15, 0.2) is 11.5 Å². The minimum absolute atomic E-state index is 0.168. The van der Waals surface area contributed by atoms with Crippen LogP contribution in [-0.2, 0) is 6.54 Å². The lowest BCUT2D eigenvalue weighted by Gasteiger charge is -2.20. The molecule has 2 aromatic carbocycles. The van der Waals surface area contributed by atoms with Crippen molar-refractivity contribution in [2.24, 2.45) is 0 Å². The summed E-state index contributed by atoms with van der Waals surface area (Å²) in [4.78, 5) is 0. The van der Waals surface area contributed by atoms with Crippen molar-refractivity contribution >= 4 is 11.6 Å². The van der Waals surface area contributed by atoms with Gasteiger partial charge in [-0.1, -0.05) is 24.2 Å². The van der Waals surface area contributed by atoms with Crippen molar-refractivity contribution in [1.29, 1.82) is 0 Å². The maximum Gasteiger partial charge on any atom is 0.231 e. The van der Waals surface area contributed by atoms with Gasteiger partial charge in [-0.15, -0.1) is 0 Å². The fraction of sp³-hybridized carbons (Fsp3) is 0.263. The molecule has 0 aromatic heterocycles. The maximum atomic E-state index is 5.97. The van der Waals surface area contributed by atoms with Gasteiger partial charge in [0.05, 0.1) is 0 Å². The smallest absolute Gasteiger partial charge is 0.231 e. The number of aryl methyl sites for hydroxylation is 1. The van der Waals surface area contributed by atoms with Gasteiger partial charge >= 0.3 is 0 Å². The van der Waals surface area contributed by atoms with E-state index < -0.39 is 0 Å². The highest BCUT2D eigenvalue weighted by Gasteiger charge is 2.14. The van der Waals surface area contributed by atoms with Gasteiger partial charge in [0, 0.05) is 17.3 Å². The van der Waals surface area contributed by atoms with Gasteiger partial charge in [0.25, 0.3) is 0 Å². The first-order chi connectivity index (χ1) is 11.5. The zero-order valence-corrected chi connectivity index (χ0v) is 14.5. The highest BCUT2D eigenvalue weighted by molar-refractivity contribution is 6.30. The van der Waals surface area contributed by atoms with Crippen molar-refractivity contribution in [3.63, 3.8) is 0 Å². The van der Waals surface area contributed by atoms with E-state index in [1.165, 1.54) is 0 Å². The third-order valence-corrected chi connectivity index (χ3v) is 4.12. The molecule has 1 aliphatic rings. The van der Waals surface area contributed by atoms with Gasteiger partial charge in [-0.3, -0.25) is 0 Å². The molecule has 0 amide bonds. The summed E-state index contributed by atoms with van der Waals surface area (Å²) in [5.41, 5.74) is 2.90. The molecule has 0 bridgehead atoms. The molecule has 3 rings (SSSR count). The van der Waals surface area contributed by atoms with Crippen LogP contribution < -0.4 is 19.5 Å². The van der Waals surface area contributed by atoms with E-state index in [9.17, 15) is 0 Å². The molecule has 1 aliphatic heterocycles. The average Bonchev–Trinajstić information content (AvgIpc) is 3.02. The molecule has 24 heavy (non-hydrogen) atoms. The largest absolute Gasteiger partial charge is 0.484 e. The molecule has 5 heteroatoms. The highest BCUT2D eigenvalue weighted by atomic mass is 35.5. The van der Waals surface area contributed by atoms with Crippen LogP contribution in [0.5, 0.6) is 17.2 Å². The second kappa shape index (κ2) is 7.05. The van der Waals surface area contributed by atoms with Crippen LogP contribution in [0.25, 0.3) is 0 Å². The highest BCUT2D eigenvalue weighted by Crippen LogP contribution is 2.32. The number of halogens is 1. The summed E-state index contributed by atoms with van der Waals surface area (Å²) < 4.78 is 16.7. The van der Waals surface area contributed by atoms with Crippen LogP contribution in [0.4, 0.5) is 0 Å². The number of ether oxygens (including phenoxy) is 3. The lowest BCUT2D eigenvalue weighted by molar-refractivity contribution is 0.174. The van der Waals surface area contributed by atoms with Crippen molar-refractivity contribution in [2.75, 3.05) is 6.79 Å². The minimum atomic E-state index is -0.168. The molecule has 126 valence electrons. The number of benzene rings is 2. The predicted octanol–water partition coefficient (Wildman–Crippen LogP) is 4.45. The summed E-state index contributed by atoms with van der Waals surface area (Å²) in [5, 5.41) is 4.00. The summed E-state index contributed by atoms with van der Waals surface area (Å²) in [7, 11) is 0. The second-order valence-electron chi connectivity index (χ2n) is 5.74. The van der Waals surface area contributed by atoms with E-state index in [1.54, 1.807) is 0 Å². The van der Waals surface area contributed by atoms with Crippen LogP contribution in [0.15, 0.2) is 48.7 Å². The van der Waals surface area contributed by atoms with Crippen LogP contribution in [-0.4, -0.2) is 12.9 Å². The molecule has 0 saturated carbocycles. The molecule has 0 aliphatic carbocycles. The van der Waals surface area contributed by atoms with Gasteiger partial charge in [-0.05, 0) is 55.3 Å². The van der Waals surface area contributed by atoms with E-state index in [0.29, 0.717) is 11.6 Å². The average molecular weight is 346 g/mol. The van der Waals surface area contributed by atoms with Crippen molar-refractivity contribution < 1.29 is 14.2 Å². The van der Waals surface area contributed by atoms with Gasteiger partial charge in [0.1, 0.15) is 11.9 Å². The fourth-order valence-electron chi connectivity index (χ4n) is 2.42. The van der Waals surface area contributed by atoms with Crippen LogP contribution in [0.2, 0.25) is 5.02 Å². The lowest BCUT2D eigenvalue weighted by Crippen LogP contribution is -2.25. The zero-order chi connectivity index (χ0) is 17.1. The first-order valence-corrected chi connectivity index (χ1v) is 8.15. The summed E-state index contributed by atoms with van der Waals surface area (Å²) in [5.74, 6) is 2.37. The molecular formula is C19H20ClNO3. The lowest BCUT2D eigenvalue weighted by atomic mass is 10.2. The molecule has 0 fully saturated rings. The number of fused-ring (bicyclic) bond motifs is 1. The first kappa shape index (κ1) is 16.5. The van der Waals surface area contributed by atoms with Gasteiger partial charge in [0.2, 0.25) is 6.79 Å². The van der Waals surface area contributed by atoms with Crippen LogP contribution in [0.3, 0.4) is 0 Å². The van der Waals surface area contributed by atoms with E-state index >= 15 is 0 Å². The van der Waals surface area contributed by atoms with Gasteiger partial charge in [-0.25, -0.2) is 0 Å². The van der Waals surface area contributed by atoms with Crippen molar-refractivity contribution in [3.05, 3.63) is 64.8 Å². The number of nitrogens with one attached hydrogen (secondary N) is 1. The molecule has 0 spiro atoms. The molecule has 0 saturated heterocycles. The van der Waals surface area contributed by atoms with E-state index in [-0.39, 0.29) is 12.9 Å². The van der Waals surface area contributed by atoms with Crippen LogP contribution in [0.1, 0.15) is 18.1 Å². The SMILES string of the molecule is C=C(NCc1ccc2c(c1)OCO2)C(C)Oc1ccc(Cl)cc1C. The summed E-state index contributed by atoms with van der Waals surface area (Å²) >= 11 is 5.97. The monoisotopic (exact) mass is 345 g/mol. The van der Waals surface area contributed by atoms with E-state index in [1.807, 2.05) is 50.2 Å². The van der Waals surface area contributed by atoms with E-state index in [0.717, 1.165) is 34.1 Å². The molecule has 0 radical (unpaired) electrons. The van der Waals surface area contributed by atoms with Crippen LogP contribution in [0, 0.1) is 6.92 Å². The van der Waals surface area contributed by atoms with Gasteiger partial charge < -0.3 is 19.5 Å². The Morgan fingerprint density at radius 2 is 2.04 bits per heavy atom. The van der Waals surface area contributed by atoms with E-state index in [4.69, 9.17) is 25.8 Å². The third-order valence-electron chi connectivity index (χ3n) is 3.89. The third kappa shape index (κ3) is 3.77. The molecule has 2 aromatic rings. The Kier molecular flexibility index (Phi) is 4.86. The molecule has 1 atom stereocenters. The Balaban J connectivity index is 1.56. The van der Waals surface area contributed by atoms with Crippen molar-refractivity contribution in [3.8, 4) is 17.2 Å².